The van der Waals surface area contributed by atoms with E-state index in [0.29, 0.717) is 182 Å². The van der Waals surface area contributed by atoms with Crippen LogP contribution in [-0.2, 0) is 19.2 Å². The van der Waals surface area contributed by atoms with E-state index in [1.54, 1.807) is 64.1 Å². The first-order chi connectivity index (χ1) is 52.9. The van der Waals surface area contributed by atoms with Crippen LogP contribution in [0.3, 0.4) is 0 Å². The van der Waals surface area contributed by atoms with Crippen LogP contribution < -0.4 is 53.6 Å². The summed E-state index contributed by atoms with van der Waals surface area (Å²) in [5.41, 5.74) is 21.6. The number of hydroxylamine groups is 3. The van der Waals surface area contributed by atoms with Crippen LogP contribution in [0.5, 0.6) is 0 Å². The first-order valence-electron chi connectivity index (χ1n) is 36.8. The summed E-state index contributed by atoms with van der Waals surface area (Å²) in [5, 5.41) is 37.8. The maximum absolute atomic E-state index is 13.7. The number of fused-ring (bicyclic) bond motifs is 4. The van der Waals surface area contributed by atoms with Crippen LogP contribution in [0, 0.1) is 83.9 Å². The number of aryl methyl sites for hydroxylation is 4. The number of aromatic nitrogens is 4. The average molecular weight is 1530 g/mol. The number of nitrogens with two attached hydrogens (primary N) is 1. The minimum absolute atomic E-state index is 0.143. The minimum atomic E-state index is -0.428. The maximum atomic E-state index is 13.7. The molecule has 0 atom stereocenters. The van der Waals surface area contributed by atoms with Crippen molar-refractivity contribution in [3.8, 4) is 0 Å². The molecule has 15 N–H and O–H groups in total. The molecule has 29 heteroatoms. The lowest BCUT2D eigenvalue weighted by molar-refractivity contribution is -0.875. The van der Waals surface area contributed by atoms with E-state index < -0.39 is 23.3 Å². The van der Waals surface area contributed by atoms with Crippen LogP contribution in [0.15, 0.2) is 72.8 Å². The molecule has 111 heavy (non-hydrogen) atoms. The van der Waals surface area contributed by atoms with Gasteiger partial charge in [0.2, 0.25) is 0 Å². The van der Waals surface area contributed by atoms with Gasteiger partial charge in [-0.05, 0) is 208 Å². The van der Waals surface area contributed by atoms with Crippen molar-refractivity contribution in [2.75, 3.05) is 106 Å². The van der Waals surface area contributed by atoms with E-state index >= 15 is 0 Å². The zero-order valence-corrected chi connectivity index (χ0v) is 64.6. The molecule has 0 spiro atoms. The summed E-state index contributed by atoms with van der Waals surface area (Å²) in [4.78, 5) is 114. The lowest BCUT2D eigenvalue weighted by atomic mass is 10.0. The molecule has 0 saturated carbocycles. The number of nitrogens with zero attached hydrogens (tertiary/aromatic N) is 2. The number of aromatic amines is 4. The van der Waals surface area contributed by atoms with E-state index in [4.69, 9.17) is 5.73 Å². The molecule has 0 radical (unpaired) electrons. The van der Waals surface area contributed by atoms with Crippen LogP contribution in [-0.4, -0.2) is 162 Å². The summed E-state index contributed by atoms with van der Waals surface area (Å²) in [6.07, 6.45) is 6.62. The molecule has 12 rings (SSSR count). The lowest BCUT2D eigenvalue weighted by Gasteiger charge is -2.41. The van der Waals surface area contributed by atoms with Crippen LogP contribution in [0.2, 0.25) is 0 Å². The third kappa shape index (κ3) is 19.3. The van der Waals surface area contributed by atoms with Gasteiger partial charge in [-0.3, -0.25) is 38.4 Å². The van der Waals surface area contributed by atoms with Crippen molar-refractivity contribution in [2.24, 2.45) is 5.73 Å². The monoisotopic (exact) mass is 1520 g/mol. The summed E-state index contributed by atoms with van der Waals surface area (Å²) in [6, 6.07) is 16.7. The highest BCUT2D eigenvalue weighted by Gasteiger charge is 2.32. The van der Waals surface area contributed by atoms with E-state index in [-0.39, 0.29) is 58.4 Å². The Morgan fingerprint density at radius 1 is 0.423 bits per heavy atom. The molecular weight excluding hydrogens is 1430 g/mol. The number of carbonyl (C=O) groups excluding carboxylic acids is 8. The highest BCUT2D eigenvalue weighted by atomic mass is 19.1. The second-order valence-corrected chi connectivity index (χ2v) is 27.1. The van der Waals surface area contributed by atoms with Crippen molar-refractivity contribution >= 4 is 117 Å². The number of hydrogen-bond acceptors (Lipinski definition) is 12. The van der Waals surface area contributed by atoms with Gasteiger partial charge in [-0.2, -0.15) is 0 Å². The van der Waals surface area contributed by atoms with Gasteiger partial charge in [0, 0.05) is 130 Å². The van der Waals surface area contributed by atoms with Crippen LogP contribution >= 0.6 is 0 Å². The fraction of sp³-hybridized carbons (Fsp3) is 0.317. The maximum Gasteiger partial charge on any atom is 0.256 e. The second kappa shape index (κ2) is 36.6. The molecule has 4 aliphatic rings. The van der Waals surface area contributed by atoms with E-state index in [9.17, 15) is 61.1 Å². The topological polar surface area (TPSA) is 360 Å². The van der Waals surface area contributed by atoms with Crippen LogP contribution in [0.4, 0.5) is 40.3 Å². The lowest BCUT2D eigenvalue weighted by Crippen LogP contribution is -2.46. The number of halogens is 4. The molecule has 0 bridgehead atoms. The number of nitrogens with one attached hydrogen (secondary N) is 13. The molecule has 8 amide bonds. The Labute approximate surface area is 641 Å². The summed E-state index contributed by atoms with van der Waals surface area (Å²) >= 11 is 0. The molecule has 0 unspecified atom stereocenters. The summed E-state index contributed by atoms with van der Waals surface area (Å²) < 4.78 is 54.1. The SMILES string of the molecule is CCN(CC)CCNC(=O)c1c(C)[nH]c(/C=C2\C(=O)Nc3ccc(F)cc32)c1C.CCNCCNC(=O)c1c(C)[nH]c(/C=C2\C(=O)Nc3ccc(F)cc32)c1C.CC[N+]([O-])(CC)CCNC(=O)c1c(C)[nH]c(/C=C2\C(=O)Nc3ccc(F)cc32)c1C.Cc1[nH]c(/C=C2\C(=O)Nc3ccc(F)cc32)c(C)c1C(=O)NCCN. The molecule has 0 saturated heterocycles. The zero-order chi connectivity index (χ0) is 80.9. The highest BCUT2D eigenvalue weighted by molar-refractivity contribution is 6.37. The number of hydrogen-bond donors (Lipinski definition) is 14. The van der Waals surface area contributed by atoms with Gasteiger partial charge in [0.05, 0.1) is 70.7 Å². The molecular formula is C82H96F4N16O9. The number of H-pyrrole nitrogens is 4. The Kier molecular flexibility index (Phi) is 27.5. The normalized spacial score (nSPS) is 14.5. The van der Waals surface area contributed by atoms with Crippen LogP contribution in [0.1, 0.15) is 166 Å². The predicted molar refractivity (Wildman–Crippen MR) is 427 cm³/mol. The number of amides is 8. The first kappa shape index (κ1) is 83.3. The molecule has 8 aromatic rings. The smallest absolute Gasteiger partial charge is 0.256 e. The number of quaternary nitrogens is 1. The third-order valence-electron chi connectivity index (χ3n) is 19.9. The molecule has 0 aliphatic carbocycles. The van der Waals surface area contributed by atoms with Crippen molar-refractivity contribution in [1.82, 2.24) is 51.4 Å². The highest BCUT2D eigenvalue weighted by Crippen LogP contribution is 2.39. The predicted octanol–water partition coefficient (Wildman–Crippen LogP) is 11.2. The Bertz CT molecular complexity index is 5070. The van der Waals surface area contributed by atoms with Gasteiger partial charge in [-0.25, -0.2) is 17.6 Å². The number of likely N-dealkylation sites (N-methyl/N-ethyl adjacent to an activating group) is 3. The summed E-state index contributed by atoms with van der Waals surface area (Å²) in [5.74, 6) is -3.66. The van der Waals surface area contributed by atoms with Gasteiger partial charge < -0.3 is 88.3 Å². The van der Waals surface area contributed by atoms with Crippen LogP contribution in [0.25, 0.3) is 46.6 Å². The number of benzene rings is 4. The van der Waals surface area contributed by atoms with E-state index in [1.807, 2.05) is 48.5 Å². The largest absolute Gasteiger partial charge is 0.633 e. The van der Waals surface area contributed by atoms with Gasteiger partial charge in [0.1, 0.15) is 23.3 Å². The number of anilines is 4. The second-order valence-electron chi connectivity index (χ2n) is 27.1. The molecule has 4 aromatic heterocycles. The van der Waals surface area contributed by atoms with Crippen molar-refractivity contribution in [2.45, 2.75) is 90.0 Å². The first-order valence-corrected chi connectivity index (χ1v) is 36.8. The van der Waals surface area contributed by atoms with Crippen molar-refractivity contribution in [3.05, 3.63) is 214 Å². The van der Waals surface area contributed by atoms with E-state index in [0.717, 1.165) is 54.3 Å². The van der Waals surface area contributed by atoms with E-state index in [2.05, 4.69) is 86.5 Å². The fourth-order valence-electron chi connectivity index (χ4n) is 13.6. The fourth-order valence-corrected chi connectivity index (χ4v) is 13.6. The minimum Gasteiger partial charge on any atom is -0.633 e. The molecule has 4 aliphatic heterocycles. The van der Waals surface area contributed by atoms with E-state index in [1.165, 1.54) is 60.7 Å². The zero-order valence-electron chi connectivity index (χ0n) is 64.6. The van der Waals surface area contributed by atoms with Crippen molar-refractivity contribution in [3.63, 3.8) is 0 Å². The van der Waals surface area contributed by atoms with Gasteiger partial charge in [-0.1, -0.05) is 20.8 Å². The molecule has 25 nitrogen and oxygen atoms in total. The Morgan fingerprint density at radius 3 is 0.973 bits per heavy atom. The molecule has 586 valence electrons. The van der Waals surface area contributed by atoms with Crippen molar-refractivity contribution in [1.29, 1.82) is 0 Å². The Hall–Kier alpha value is -11.8. The van der Waals surface area contributed by atoms with Gasteiger partial charge in [-0.15, -0.1) is 0 Å². The average Bonchev–Trinajstić information content (AvgIpc) is 1.65. The Morgan fingerprint density at radius 2 is 0.703 bits per heavy atom. The Balaban J connectivity index is 0.000000170. The van der Waals surface area contributed by atoms with Gasteiger partial charge >= 0.3 is 0 Å². The third-order valence-corrected chi connectivity index (χ3v) is 19.9. The quantitative estimate of drug-likeness (QED) is 0.00883. The number of carbonyl (C=O) groups is 8. The standard InChI is InChI=1S/C22H27FN4O3.C22H27FN4O2.C20H23FN4O2.C18H19FN4O2/c1-5-27(30,6-2)10-9-24-22(29)20-13(3)19(25-14(20)4)12-17-16-11-15(23)7-8-18(16)26-21(17)28;1-5-27(6-2)10-9-24-22(29)20-13(3)19(25-14(20)4)12-17-16-11-15(23)7-8-18(16)26-21(17)28;1-4-22-7-8-23-20(27)18-11(2)17(24-12(18)3)10-15-14-9-13(21)5-6-16(14)25-19(15)26;1-9-15(22-10(2)16(9)18(25)21-6-5-20)8-13-12-7-11(19)3-4-14(12)23-17(13)24/h7-8,11-12,25H,5-6,9-10H2,1-4H3,(H,24,29)(H,26,28);7-8,11-12,25H,5-6,9-10H2,1-4H3,(H,24,29)(H,26,28);5-6,9-10,22,24H,4,7-8H2,1-3H3,(H,23,27)(H,25,26);3-4,7-8,22H,5-6,20H2,1-2H3,(H,21,25)(H,23,24)/b2*17-12-;15-10-;13-8-. The van der Waals surface area contributed by atoms with Crippen molar-refractivity contribution < 1.29 is 60.6 Å². The van der Waals surface area contributed by atoms with Gasteiger partial charge in [0.25, 0.3) is 47.3 Å². The molecule has 8 heterocycles. The molecule has 4 aromatic carbocycles. The number of rotatable bonds is 24. The molecule has 0 fully saturated rings. The summed E-state index contributed by atoms with van der Waals surface area (Å²) in [6.45, 7) is 31.9. The van der Waals surface area contributed by atoms with Gasteiger partial charge in [0.15, 0.2) is 0 Å². The summed E-state index contributed by atoms with van der Waals surface area (Å²) in [7, 11) is 0.